The second-order valence-corrected chi connectivity index (χ2v) is 5.57. The minimum atomic E-state index is -0.169. The summed E-state index contributed by atoms with van der Waals surface area (Å²) in [6, 6.07) is 11.1. The number of unbranched alkanes of at least 4 members (excludes halogenated alkanes) is 1. The summed E-state index contributed by atoms with van der Waals surface area (Å²) < 4.78 is 0. The Labute approximate surface area is 129 Å². The number of nitrogens with zero attached hydrogens (tertiary/aromatic N) is 2. The first-order chi connectivity index (χ1) is 10.7. The molecule has 2 aromatic rings. The van der Waals surface area contributed by atoms with Crippen LogP contribution in [0.2, 0.25) is 0 Å². The van der Waals surface area contributed by atoms with Gasteiger partial charge in [-0.25, -0.2) is 0 Å². The average Bonchev–Trinajstić information content (AvgIpc) is 2.78. The minimum absolute atomic E-state index is 0.169. The zero-order chi connectivity index (χ0) is 15.5. The van der Waals surface area contributed by atoms with Crippen molar-refractivity contribution in [2.45, 2.75) is 26.2 Å². The van der Waals surface area contributed by atoms with Crippen molar-refractivity contribution in [2.75, 3.05) is 6.54 Å². The molecule has 0 unspecified atom stereocenters. The average molecular weight is 294 g/mol. The first-order valence-electron chi connectivity index (χ1n) is 7.53. The molecule has 2 heterocycles. The smallest absolute Gasteiger partial charge is 0.261 e. The van der Waals surface area contributed by atoms with Crippen LogP contribution in [-0.4, -0.2) is 28.2 Å². The highest BCUT2D eigenvalue weighted by Crippen LogP contribution is 2.22. The summed E-state index contributed by atoms with van der Waals surface area (Å²) in [5.74, 6) is -0.338. The lowest BCUT2D eigenvalue weighted by Crippen LogP contribution is -2.30. The van der Waals surface area contributed by atoms with Crippen molar-refractivity contribution in [3.63, 3.8) is 0 Å². The lowest BCUT2D eigenvalue weighted by atomic mass is 10.1. The van der Waals surface area contributed by atoms with Gasteiger partial charge in [-0.1, -0.05) is 18.2 Å². The Bertz CT molecular complexity index is 672. The largest absolute Gasteiger partial charge is 0.274 e. The van der Waals surface area contributed by atoms with E-state index in [-0.39, 0.29) is 11.8 Å². The summed E-state index contributed by atoms with van der Waals surface area (Å²) in [5, 5.41) is 0. The number of aromatic nitrogens is 1. The first-order valence-corrected chi connectivity index (χ1v) is 7.53. The Morgan fingerprint density at radius 2 is 1.64 bits per heavy atom. The Morgan fingerprint density at radius 1 is 0.955 bits per heavy atom. The normalized spacial score (nSPS) is 13.6. The zero-order valence-electron chi connectivity index (χ0n) is 12.6. The Kier molecular flexibility index (Phi) is 4.00. The highest BCUT2D eigenvalue weighted by Gasteiger charge is 2.34. The van der Waals surface area contributed by atoms with Crippen LogP contribution in [0.15, 0.2) is 42.6 Å². The van der Waals surface area contributed by atoms with Gasteiger partial charge in [-0.15, -0.1) is 0 Å². The fraction of sp³-hybridized carbons (Fsp3) is 0.278. The molecule has 0 atom stereocenters. The van der Waals surface area contributed by atoms with Gasteiger partial charge >= 0.3 is 0 Å². The number of amides is 2. The zero-order valence-corrected chi connectivity index (χ0v) is 12.6. The van der Waals surface area contributed by atoms with Crippen molar-refractivity contribution in [3.8, 4) is 0 Å². The van der Waals surface area contributed by atoms with Gasteiger partial charge in [-0.05, 0) is 49.9 Å². The van der Waals surface area contributed by atoms with Gasteiger partial charge in [0, 0.05) is 18.4 Å². The van der Waals surface area contributed by atoms with Crippen LogP contribution in [0.25, 0.3) is 0 Å². The maximum atomic E-state index is 12.2. The molecule has 0 bridgehead atoms. The van der Waals surface area contributed by atoms with E-state index in [2.05, 4.69) is 11.1 Å². The number of carbonyl (C=O) groups is 2. The van der Waals surface area contributed by atoms with Crippen LogP contribution >= 0.6 is 0 Å². The van der Waals surface area contributed by atoms with E-state index < -0.39 is 0 Å². The molecule has 4 heteroatoms. The molecule has 22 heavy (non-hydrogen) atoms. The lowest BCUT2D eigenvalue weighted by Gasteiger charge is -2.13. The minimum Gasteiger partial charge on any atom is -0.274 e. The fourth-order valence-electron chi connectivity index (χ4n) is 2.69. The quantitative estimate of drug-likeness (QED) is 0.629. The molecule has 0 aliphatic carbocycles. The summed E-state index contributed by atoms with van der Waals surface area (Å²) in [6.07, 6.45) is 4.53. The van der Waals surface area contributed by atoms with Crippen molar-refractivity contribution in [1.29, 1.82) is 0 Å². The van der Waals surface area contributed by atoms with E-state index in [1.165, 1.54) is 10.5 Å². The van der Waals surface area contributed by atoms with Crippen molar-refractivity contribution in [2.24, 2.45) is 0 Å². The number of hydrogen-bond donors (Lipinski definition) is 0. The molecule has 3 rings (SSSR count). The van der Waals surface area contributed by atoms with Gasteiger partial charge in [0.05, 0.1) is 11.1 Å². The number of imide groups is 1. The maximum absolute atomic E-state index is 12.2. The topological polar surface area (TPSA) is 50.3 Å². The number of rotatable bonds is 5. The second kappa shape index (κ2) is 6.10. The van der Waals surface area contributed by atoms with E-state index in [4.69, 9.17) is 0 Å². The van der Waals surface area contributed by atoms with Gasteiger partial charge in [0.25, 0.3) is 11.8 Å². The van der Waals surface area contributed by atoms with Gasteiger partial charge in [0.2, 0.25) is 0 Å². The third-order valence-corrected chi connectivity index (χ3v) is 3.95. The molecule has 1 aromatic heterocycles. The van der Waals surface area contributed by atoms with Crippen LogP contribution in [0.4, 0.5) is 0 Å². The Morgan fingerprint density at radius 3 is 2.23 bits per heavy atom. The molecule has 0 fully saturated rings. The number of benzene rings is 1. The van der Waals surface area contributed by atoms with E-state index in [1.807, 2.05) is 19.2 Å². The van der Waals surface area contributed by atoms with Crippen molar-refractivity contribution < 1.29 is 9.59 Å². The lowest BCUT2D eigenvalue weighted by molar-refractivity contribution is 0.0652. The molecule has 0 saturated heterocycles. The molecule has 112 valence electrons. The standard InChI is InChI=1S/C18H18N2O2/c1-13-9-10-14(12-19-13)6-4-5-11-20-17(21)15-7-2-3-8-16(15)18(20)22/h2-3,7-10,12H,4-6,11H2,1H3. The molecule has 4 nitrogen and oxygen atoms in total. The van der Waals surface area contributed by atoms with Crippen LogP contribution < -0.4 is 0 Å². The van der Waals surface area contributed by atoms with Crippen LogP contribution in [-0.2, 0) is 6.42 Å². The molecular weight excluding hydrogens is 276 g/mol. The molecule has 0 radical (unpaired) electrons. The van der Waals surface area contributed by atoms with Gasteiger partial charge in [-0.3, -0.25) is 19.5 Å². The van der Waals surface area contributed by atoms with E-state index >= 15 is 0 Å². The van der Waals surface area contributed by atoms with E-state index in [0.717, 1.165) is 25.0 Å². The summed E-state index contributed by atoms with van der Waals surface area (Å²) in [7, 11) is 0. The molecule has 1 aromatic carbocycles. The van der Waals surface area contributed by atoms with Gasteiger partial charge < -0.3 is 0 Å². The van der Waals surface area contributed by atoms with E-state index in [1.54, 1.807) is 24.3 Å². The molecule has 1 aliphatic rings. The SMILES string of the molecule is Cc1ccc(CCCCN2C(=O)c3ccccc3C2=O)cn1. The number of aryl methyl sites for hydroxylation is 2. The Hall–Kier alpha value is -2.49. The predicted octanol–water partition coefficient (Wildman–Crippen LogP) is 3.01. The highest BCUT2D eigenvalue weighted by atomic mass is 16.2. The molecule has 0 N–H and O–H groups in total. The summed E-state index contributed by atoms with van der Waals surface area (Å²) >= 11 is 0. The monoisotopic (exact) mass is 294 g/mol. The molecule has 0 spiro atoms. The number of carbonyl (C=O) groups excluding carboxylic acids is 2. The molecule has 1 aliphatic heterocycles. The van der Waals surface area contributed by atoms with Crippen molar-refractivity contribution in [3.05, 3.63) is 65.0 Å². The number of hydrogen-bond acceptors (Lipinski definition) is 3. The molecular formula is C18H18N2O2. The van der Waals surface area contributed by atoms with E-state index in [0.29, 0.717) is 17.7 Å². The van der Waals surface area contributed by atoms with Crippen LogP contribution in [0, 0.1) is 6.92 Å². The Balaban J connectivity index is 1.54. The number of pyridine rings is 1. The van der Waals surface area contributed by atoms with Crippen LogP contribution in [0.1, 0.15) is 44.8 Å². The second-order valence-electron chi connectivity index (χ2n) is 5.57. The summed E-state index contributed by atoms with van der Waals surface area (Å²) in [6.45, 7) is 2.44. The highest BCUT2D eigenvalue weighted by molar-refractivity contribution is 6.21. The fourth-order valence-corrected chi connectivity index (χ4v) is 2.69. The predicted molar refractivity (Wildman–Crippen MR) is 83.7 cm³/mol. The maximum Gasteiger partial charge on any atom is 0.261 e. The van der Waals surface area contributed by atoms with Gasteiger partial charge in [0.15, 0.2) is 0 Å². The van der Waals surface area contributed by atoms with Crippen LogP contribution in [0.3, 0.4) is 0 Å². The molecule has 2 amide bonds. The van der Waals surface area contributed by atoms with Crippen molar-refractivity contribution >= 4 is 11.8 Å². The van der Waals surface area contributed by atoms with Gasteiger partial charge in [-0.2, -0.15) is 0 Å². The summed E-state index contributed by atoms with van der Waals surface area (Å²) in [4.78, 5) is 30.0. The van der Waals surface area contributed by atoms with Crippen LogP contribution in [0.5, 0.6) is 0 Å². The first kappa shape index (κ1) is 14.4. The molecule has 0 saturated carbocycles. The van der Waals surface area contributed by atoms with Gasteiger partial charge in [0.1, 0.15) is 0 Å². The van der Waals surface area contributed by atoms with Crippen molar-refractivity contribution in [1.82, 2.24) is 9.88 Å². The number of fused-ring (bicyclic) bond motifs is 1. The summed E-state index contributed by atoms with van der Waals surface area (Å²) in [5.41, 5.74) is 3.24. The van der Waals surface area contributed by atoms with E-state index in [9.17, 15) is 9.59 Å². The third kappa shape index (κ3) is 2.77. The third-order valence-electron chi connectivity index (χ3n) is 3.95.